The van der Waals surface area contributed by atoms with E-state index in [1.807, 2.05) is 13.8 Å². The molecule has 0 saturated heterocycles. The molecule has 12 rings (SSSR count). The van der Waals surface area contributed by atoms with Crippen molar-refractivity contribution in [3.05, 3.63) is 232 Å². The van der Waals surface area contributed by atoms with Crippen LogP contribution in [0.4, 0.5) is 28.4 Å². The number of nitrogens with zero attached hydrogens (tertiary/aromatic N) is 2. The Morgan fingerprint density at radius 3 is 1.50 bits per heavy atom. The Labute approximate surface area is 368 Å². The second-order valence-corrected chi connectivity index (χ2v) is 18.6. The second-order valence-electron chi connectivity index (χ2n) is 18.6. The molecule has 0 radical (unpaired) electrons. The van der Waals surface area contributed by atoms with Crippen LogP contribution in [0.5, 0.6) is 0 Å². The van der Waals surface area contributed by atoms with E-state index in [0.29, 0.717) is 0 Å². The van der Waals surface area contributed by atoms with Crippen LogP contribution in [0.2, 0.25) is 0 Å². The third-order valence-electron chi connectivity index (χ3n) is 15.2. The SMILES string of the molecule is CC.CC1(C)c2ccccc2N(c2ccc3c(c2)C2(c4cc(N5CC6(C=CC=CC6)C(C)(C)c6ccccc65)ccc4C=C3)c3ccccc3-c3ccccc32)c2ccccc21. The molecule has 2 spiro atoms. The van der Waals surface area contributed by atoms with Gasteiger partial charge in [-0.15, -0.1) is 0 Å². The number of benzene rings is 7. The summed E-state index contributed by atoms with van der Waals surface area (Å²) in [6.45, 7) is 14.5. The molecule has 0 N–H and O–H groups in total. The number of hydrogen-bond acceptors (Lipinski definition) is 2. The van der Waals surface area contributed by atoms with E-state index < -0.39 is 5.41 Å². The van der Waals surface area contributed by atoms with Crippen molar-refractivity contribution in [2.75, 3.05) is 16.3 Å². The van der Waals surface area contributed by atoms with Crippen LogP contribution in [0.3, 0.4) is 0 Å². The van der Waals surface area contributed by atoms with Crippen molar-refractivity contribution in [3.63, 3.8) is 0 Å². The van der Waals surface area contributed by atoms with Gasteiger partial charge in [-0.05, 0) is 110 Å². The monoisotopic (exact) mass is 802 g/mol. The highest BCUT2D eigenvalue weighted by Crippen LogP contribution is 2.61. The van der Waals surface area contributed by atoms with Crippen LogP contribution in [0.1, 0.15) is 98.0 Å². The van der Waals surface area contributed by atoms with Gasteiger partial charge in [0.15, 0.2) is 0 Å². The van der Waals surface area contributed by atoms with Crippen molar-refractivity contribution < 1.29 is 0 Å². The second kappa shape index (κ2) is 13.9. The fourth-order valence-electron chi connectivity index (χ4n) is 12.0. The summed E-state index contributed by atoms with van der Waals surface area (Å²) >= 11 is 0. The lowest BCUT2D eigenvalue weighted by Gasteiger charge is -2.54. The Morgan fingerprint density at radius 2 is 0.935 bits per heavy atom. The smallest absolute Gasteiger partial charge is 0.0726 e. The molecule has 0 fully saturated rings. The number of rotatable bonds is 2. The molecule has 62 heavy (non-hydrogen) atoms. The first-order valence-corrected chi connectivity index (χ1v) is 22.6. The topological polar surface area (TPSA) is 6.48 Å². The Hall–Kier alpha value is -6.64. The van der Waals surface area contributed by atoms with Gasteiger partial charge < -0.3 is 9.80 Å². The molecule has 0 aromatic heterocycles. The number of hydrogen-bond donors (Lipinski definition) is 0. The van der Waals surface area contributed by atoms with E-state index in [0.717, 1.165) is 13.0 Å². The molecule has 2 aliphatic heterocycles. The lowest BCUT2D eigenvalue weighted by Crippen LogP contribution is -2.52. The van der Waals surface area contributed by atoms with E-state index in [1.54, 1.807) is 0 Å². The van der Waals surface area contributed by atoms with Gasteiger partial charge in [-0.25, -0.2) is 0 Å². The summed E-state index contributed by atoms with van der Waals surface area (Å²) < 4.78 is 0. The number of anilines is 5. The predicted molar refractivity (Wildman–Crippen MR) is 263 cm³/mol. The maximum absolute atomic E-state index is 2.63. The van der Waals surface area contributed by atoms with Crippen molar-refractivity contribution in [2.45, 2.75) is 64.2 Å². The summed E-state index contributed by atoms with van der Waals surface area (Å²) in [5.74, 6) is 0. The van der Waals surface area contributed by atoms with Crippen molar-refractivity contribution in [2.24, 2.45) is 5.41 Å². The third kappa shape index (κ3) is 5.10. The molecular formula is C60H54N2. The minimum atomic E-state index is -0.582. The largest absolute Gasteiger partial charge is 0.340 e. The van der Waals surface area contributed by atoms with Crippen molar-refractivity contribution in [1.82, 2.24) is 0 Å². The Morgan fingerprint density at radius 1 is 0.452 bits per heavy atom. The first kappa shape index (κ1) is 38.3. The average molecular weight is 803 g/mol. The zero-order valence-electron chi connectivity index (χ0n) is 36.8. The molecular weight excluding hydrogens is 749 g/mol. The highest BCUT2D eigenvalue weighted by molar-refractivity contribution is 5.94. The molecule has 0 bridgehead atoms. The third-order valence-corrected chi connectivity index (χ3v) is 15.2. The van der Waals surface area contributed by atoms with Crippen LogP contribution < -0.4 is 9.80 Å². The number of fused-ring (bicyclic) bond motifs is 12. The predicted octanol–water partition coefficient (Wildman–Crippen LogP) is 15.6. The summed E-state index contributed by atoms with van der Waals surface area (Å²) in [5, 5.41) is 0. The molecule has 7 aromatic carbocycles. The molecule has 1 unspecified atom stereocenters. The Kier molecular flexibility index (Phi) is 8.61. The van der Waals surface area contributed by atoms with E-state index in [2.05, 4.69) is 232 Å². The number of allylic oxidation sites excluding steroid dienone is 3. The van der Waals surface area contributed by atoms with Crippen LogP contribution in [0.15, 0.2) is 182 Å². The maximum atomic E-state index is 2.63. The van der Waals surface area contributed by atoms with Gasteiger partial charge in [0.25, 0.3) is 0 Å². The fraction of sp³-hybridized carbons (Fsp3) is 0.200. The Bertz CT molecular complexity index is 2930. The first-order valence-electron chi connectivity index (χ1n) is 22.6. The molecule has 0 saturated carbocycles. The van der Waals surface area contributed by atoms with Crippen LogP contribution >= 0.6 is 0 Å². The highest BCUT2D eigenvalue weighted by atomic mass is 15.2. The fourth-order valence-corrected chi connectivity index (χ4v) is 12.0. The Balaban J connectivity index is 0.00000213. The quantitative estimate of drug-likeness (QED) is 0.172. The van der Waals surface area contributed by atoms with Gasteiger partial charge in [0.05, 0.1) is 16.8 Å². The summed E-state index contributed by atoms with van der Waals surface area (Å²) in [6, 6.07) is 60.1. The lowest BCUT2D eigenvalue weighted by molar-refractivity contribution is 0.210. The molecule has 3 aliphatic carbocycles. The molecule has 5 aliphatic rings. The highest BCUT2D eigenvalue weighted by Gasteiger charge is 2.52. The maximum Gasteiger partial charge on any atom is 0.0726 e. The zero-order valence-corrected chi connectivity index (χ0v) is 36.8. The first-order chi connectivity index (χ1) is 30.2. The molecule has 7 aromatic rings. The van der Waals surface area contributed by atoms with Gasteiger partial charge >= 0.3 is 0 Å². The standard InChI is InChI=1S/C58H48N2.C2H6/c1-55(2)47-22-10-14-26-53(47)60(54-27-15-11-23-48(54)55)42-33-31-40-29-28-39-30-32-41(59-38-57(34-16-5-17-35-57)56(3,4)49-24-12-13-25-52(49)59)36-50(39)58(51(40)37-42)45-20-8-6-18-43(45)44-19-7-9-21-46(44)58;1-2/h5-34,36-37H,35,38H2,1-4H3;1-2H3. The van der Waals surface area contributed by atoms with Gasteiger partial charge in [-0.3, -0.25) is 0 Å². The molecule has 304 valence electrons. The molecule has 2 heteroatoms. The lowest BCUT2D eigenvalue weighted by atomic mass is 9.57. The van der Waals surface area contributed by atoms with Crippen LogP contribution in [0.25, 0.3) is 23.3 Å². The van der Waals surface area contributed by atoms with E-state index >= 15 is 0 Å². The van der Waals surface area contributed by atoms with Crippen LogP contribution in [0, 0.1) is 5.41 Å². The average Bonchev–Trinajstić information content (AvgIpc) is 3.53. The van der Waals surface area contributed by atoms with Crippen LogP contribution in [-0.4, -0.2) is 6.54 Å². The van der Waals surface area contributed by atoms with Gasteiger partial charge in [-0.1, -0.05) is 193 Å². The van der Waals surface area contributed by atoms with E-state index in [1.165, 1.54) is 89.6 Å². The zero-order chi connectivity index (χ0) is 42.4. The summed E-state index contributed by atoms with van der Waals surface area (Å²) in [4.78, 5) is 5.14. The van der Waals surface area contributed by atoms with E-state index in [4.69, 9.17) is 0 Å². The van der Waals surface area contributed by atoms with Crippen LogP contribution in [-0.2, 0) is 16.2 Å². The van der Waals surface area contributed by atoms with Gasteiger partial charge in [0, 0.05) is 39.9 Å². The van der Waals surface area contributed by atoms with Gasteiger partial charge in [0.1, 0.15) is 0 Å². The molecule has 0 amide bonds. The van der Waals surface area contributed by atoms with Gasteiger partial charge in [-0.2, -0.15) is 0 Å². The van der Waals surface area contributed by atoms with E-state index in [-0.39, 0.29) is 16.2 Å². The summed E-state index contributed by atoms with van der Waals surface area (Å²) in [6.07, 6.45) is 15.1. The molecule has 2 heterocycles. The van der Waals surface area contributed by atoms with Gasteiger partial charge in [0.2, 0.25) is 0 Å². The number of para-hydroxylation sites is 3. The van der Waals surface area contributed by atoms with Crippen molar-refractivity contribution in [1.29, 1.82) is 0 Å². The van der Waals surface area contributed by atoms with Crippen molar-refractivity contribution in [3.8, 4) is 11.1 Å². The summed E-state index contributed by atoms with van der Waals surface area (Å²) in [5.41, 5.74) is 19.8. The minimum Gasteiger partial charge on any atom is -0.340 e. The minimum absolute atomic E-state index is 0.0451. The summed E-state index contributed by atoms with van der Waals surface area (Å²) in [7, 11) is 0. The van der Waals surface area contributed by atoms with E-state index in [9.17, 15) is 0 Å². The van der Waals surface area contributed by atoms with Crippen molar-refractivity contribution >= 4 is 40.6 Å². The molecule has 2 nitrogen and oxygen atoms in total. The normalized spacial score (nSPS) is 19.5. The molecule has 1 atom stereocenters.